The second-order valence-electron chi connectivity index (χ2n) is 7.08. The van der Waals surface area contributed by atoms with Crippen molar-refractivity contribution in [3.05, 3.63) is 131 Å². The summed E-state index contributed by atoms with van der Waals surface area (Å²) in [6.45, 7) is 2.16. The molecule has 0 aliphatic carbocycles. The van der Waals surface area contributed by atoms with Gasteiger partial charge in [0.2, 0.25) is 0 Å². The summed E-state index contributed by atoms with van der Waals surface area (Å²) in [4.78, 5) is 0. The number of rotatable bonds is 9. The molecule has 0 saturated heterocycles. The molecule has 0 N–H and O–H groups in total. The summed E-state index contributed by atoms with van der Waals surface area (Å²) in [6.07, 6.45) is 8.41. The first-order chi connectivity index (χ1) is 14.3. The molecule has 0 saturated carbocycles. The van der Waals surface area contributed by atoms with E-state index in [-0.39, 0.29) is 6.10 Å². The predicted octanol–water partition coefficient (Wildman–Crippen LogP) is 6.40. The summed E-state index contributed by atoms with van der Waals surface area (Å²) in [6, 6.07) is 31.6. The van der Waals surface area contributed by atoms with Gasteiger partial charge < -0.3 is 0 Å². The molecule has 0 aromatic heterocycles. The van der Waals surface area contributed by atoms with Gasteiger partial charge in [0.1, 0.15) is 0 Å². The quantitative estimate of drug-likeness (QED) is 0.239. The summed E-state index contributed by atoms with van der Waals surface area (Å²) >= 11 is 2.05. The molecule has 1 nitrogen and oxygen atoms in total. The van der Waals surface area contributed by atoms with Gasteiger partial charge in [-0.3, -0.25) is 0 Å². The third-order valence-electron chi connectivity index (χ3n) is 5.05. The van der Waals surface area contributed by atoms with Crippen LogP contribution >= 0.6 is 0 Å². The van der Waals surface area contributed by atoms with Gasteiger partial charge in [-0.1, -0.05) is 0 Å². The normalized spacial score (nSPS) is 13.2. The Hall–Kier alpha value is -2.30. The summed E-state index contributed by atoms with van der Waals surface area (Å²) in [7, 11) is 0. The van der Waals surface area contributed by atoms with Crippen molar-refractivity contribution in [1.29, 1.82) is 0 Å². The van der Waals surface area contributed by atoms with Gasteiger partial charge in [-0.05, 0) is 0 Å². The zero-order valence-corrected chi connectivity index (χ0v) is 17.4. The fraction of sp³-hybridized carbons (Fsp3) is 0.185. The molecule has 3 aromatic rings. The molecule has 0 aliphatic heterocycles. The van der Waals surface area contributed by atoms with E-state index in [1.54, 1.807) is 0 Å². The molecular weight excluding hydrogens is 347 g/mol. The third kappa shape index (κ3) is 5.20. The molecule has 2 heteroatoms. The number of hydrogen-bond donors (Lipinski definition) is 0. The van der Waals surface area contributed by atoms with Gasteiger partial charge in [-0.2, -0.15) is 0 Å². The minimum absolute atomic E-state index is 0.0385. The van der Waals surface area contributed by atoms with Crippen LogP contribution in [0.2, 0.25) is 0 Å². The van der Waals surface area contributed by atoms with Crippen LogP contribution in [0.5, 0.6) is 0 Å². The second-order valence-corrected chi connectivity index (χ2v) is 7.08. The Morgan fingerprint density at radius 2 is 1.21 bits per heavy atom. The monoisotopic (exact) mass is 374 g/mol. The van der Waals surface area contributed by atoms with E-state index in [1.807, 2.05) is 0 Å². The second kappa shape index (κ2) is 11.0. The predicted molar refractivity (Wildman–Crippen MR) is 123 cm³/mol. The van der Waals surface area contributed by atoms with Gasteiger partial charge in [-0.25, -0.2) is 0 Å². The average Bonchev–Trinajstić information content (AvgIpc) is 2.79. The van der Waals surface area contributed by atoms with Crippen LogP contribution in [0.3, 0.4) is 0 Å². The van der Waals surface area contributed by atoms with Crippen molar-refractivity contribution in [3.8, 4) is 0 Å². The van der Waals surface area contributed by atoms with Crippen molar-refractivity contribution in [2.24, 2.45) is 0 Å². The molecule has 3 rings (SSSR count). The van der Waals surface area contributed by atoms with Gasteiger partial charge in [0.05, 0.1) is 0 Å². The Morgan fingerprint density at radius 1 is 0.759 bits per heavy atom. The average molecular weight is 374 g/mol. The molecule has 0 radical (unpaired) electrons. The Bertz CT molecular complexity index is 804. The molecule has 1 atom stereocenters. The molecule has 0 spiro atoms. The number of allylic oxidation sites excluding steroid dienone is 1. The van der Waals surface area contributed by atoms with Gasteiger partial charge in [0, 0.05) is 0 Å². The molecule has 142 valence electrons. The molecule has 1 unspecified atom stereocenters. The SMILES string of the molecule is [Li]/[CH]=C/C(C/C=C\CC)OC(c1ccccc1)(c1ccccc1)c1ccccc1. The number of benzene rings is 3. The summed E-state index contributed by atoms with van der Waals surface area (Å²) in [5.74, 6) is 0. The first kappa shape index (κ1) is 21.4. The summed E-state index contributed by atoms with van der Waals surface area (Å²) < 4.78 is 9.12. The minimum atomic E-state index is -0.686. The fourth-order valence-electron chi connectivity index (χ4n) is 3.73. The van der Waals surface area contributed by atoms with E-state index in [2.05, 4.69) is 139 Å². The standard InChI is InChI=1S/C27H27O.Li/c1-3-5-9-22-26(4-2)28-27(23-16-10-6-11-17-23,24-18-12-7-13-19-24)25-20-14-8-15-21-25;/h2,4-21,26H,3,22H2,1H3;/b4-2?,9-5-;. The van der Waals surface area contributed by atoms with E-state index in [4.69, 9.17) is 4.74 Å². The van der Waals surface area contributed by atoms with Crippen molar-refractivity contribution in [1.82, 2.24) is 0 Å². The maximum absolute atomic E-state index is 7.05. The summed E-state index contributed by atoms with van der Waals surface area (Å²) in [5, 5.41) is 0. The molecule has 0 heterocycles. The Morgan fingerprint density at radius 3 is 1.59 bits per heavy atom. The van der Waals surface area contributed by atoms with Gasteiger partial charge in [-0.15, -0.1) is 0 Å². The Kier molecular flexibility index (Phi) is 8.14. The first-order valence-corrected chi connectivity index (χ1v) is 10.4. The van der Waals surface area contributed by atoms with E-state index in [9.17, 15) is 0 Å². The van der Waals surface area contributed by atoms with Crippen LogP contribution in [0.4, 0.5) is 0 Å². The van der Waals surface area contributed by atoms with Crippen molar-refractivity contribution in [3.63, 3.8) is 0 Å². The number of ether oxygens (including phenoxy) is 1. The zero-order valence-electron chi connectivity index (χ0n) is 17.4. The van der Waals surface area contributed by atoms with Crippen molar-refractivity contribution in [2.45, 2.75) is 31.5 Å². The molecule has 29 heavy (non-hydrogen) atoms. The Balaban J connectivity index is 2.20. The van der Waals surface area contributed by atoms with Crippen LogP contribution in [-0.2, 0) is 10.3 Å². The molecule has 0 aliphatic rings. The van der Waals surface area contributed by atoms with E-state index in [0.717, 1.165) is 29.5 Å². The van der Waals surface area contributed by atoms with Crippen molar-refractivity contribution in [2.75, 3.05) is 0 Å². The van der Waals surface area contributed by atoms with Crippen molar-refractivity contribution >= 4 is 17.7 Å². The van der Waals surface area contributed by atoms with Crippen molar-refractivity contribution < 1.29 is 4.74 Å². The van der Waals surface area contributed by atoms with Crippen LogP contribution in [0.25, 0.3) is 0 Å². The molecule has 0 bridgehead atoms. The molecular formula is C27H27LiO. The molecule has 0 fully saturated rings. The fourth-order valence-corrected chi connectivity index (χ4v) is 3.73. The van der Waals surface area contributed by atoms with Crippen LogP contribution in [0.1, 0.15) is 36.5 Å². The first-order valence-electron chi connectivity index (χ1n) is 10.4. The van der Waals surface area contributed by atoms with Gasteiger partial charge >= 0.3 is 185 Å². The van der Waals surface area contributed by atoms with E-state index in [1.165, 1.54) is 0 Å². The third-order valence-corrected chi connectivity index (χ3v) is 5.05. The maximum atomic E-state index is 7.05. The Labute approximate surface area is 184 Å². The van der Waals surface area contributed by atoms with E-state index >= 15 is 0 Å². The van der Waals surface area contributed by atoms with Crippen LogP contribution in [-0.4, -0.2) is 23.8 Å². The number of hydrogen-bond acceptors (Lipinski definition) is 1. The van der Waals surface area contributed by atoms with Crippen LogP contribution in [0, 0.1) is 0 Å². The van der Waals surface area contributed by atoms with Crippen LogP contribution in [0.15, 0.2) is 114 Å². The molecule has 3 aromatic carbocycles. The van der Waals surface area contributed by atoms with E-state index in [0.29, 0.717) is 0 Å². The topological polar surface area (TPSA) is 9.23 Å². The zero-order chi connectivity index (χ0) is 20.4. The van der Waals surface area contributed by atoms with Gasteiger partial charge in [0.25, 0.3) is 0 Å². The molecule has 0 amide bonds. The van der Waals surface area contributed by atoms with Crippen LogP contribution < -0.4 is 0 Å². The van der Waals surface area contributed by atoms with E-state index < -0.39 is 5.60 Å². The summed E-state index contributed by atoms with van der Waals surface area (Å²) in [5.41, 5.74) is 2.71. The van der Waals surface area contributed by atoms with Gasteiger partial charge in [0.15, 0.2) is 0 Å².